The number of rotatable bonds is 4. The number of hydrogen-bond acceptors (Lipinski definition) is 7. The van der Waals surface area contributed by atoms with Crippen molar-refractivity contribution >= 4 is 40.7 Å². The van der Waals surface area contributed by atoms with Gasteiger partial charge in [0.15, 0.2) is 0 Å². The minimum atomic E-state index is -2.15. The van der Waals surface area contributed by atoms with E-state index in [0.29, 0.717) is 16.3 Å². The predicted molar refractivity (Wildman–Crippen MR) is 132 cm³/mol. The Labute approximate surface area is 216 Å². The van der Waals surface area contributed by atoms with Crippen molar-refractivity contribution in [3.05, 3.63) is 88.4 Å². The van der Waals surface area contributed by atoms with E-state index in [4.69, 9.17) is 25.8 Å². The number of halogens is 1. The van der Waals surface area contributed by atoms with Crippen molar-refractivity contribution in [3.63, 3.8) is 0 Å². The number of methoxy groups -OCH3 is 2. The van der Waals surface area contributed by atoms with Gasteiger partial charge >= 0.3 is 0 Å². The van der Waals surface area contributed by atoms with Crippen molar-refractivity contribution in [1.82, 2.24) is 0 Å². The van der Waals surface area contributed by atoms with E-state index < -0.39 is 46.9 Å². The second-order valence-electron chi connectivity index (χ2n) is 9.08. The number of nitrogens with zero attached hydrogens (tertiary/aromatic N) is 1. The molecule has 0 unspecified atom stereocenters. The van der Waals surface area contributed by atoms with Crippen molar-refractivity contribution in [2.45, 2.75) is 11.7 Å². The molecule has 2 aliphatic heterocycles. The topological polar surface area (TPSA) is 99.2 Å². The van der Waals surface area contributed by atoms with E-state index in [1.807, 2.05) is 0 Å². The highest BCUT2D eigenvalue weighted by Gasteiger charge is 2.74. The van der Waals surface area contributed by atoms with Crippen LogP contribution in [0.25, 0.3) is 0 Å². The number of fused-ring (bicyclic) bond motifs is 3. The number of amides is 2. The van der Waals surface area contributed by atoms with Crippen LogP contribution >= 0.6 is 11.6 Å². The highest BCUT2D eigenvalue weighted by molar-refractivity contribution is 6.37. The normalized spacial score (nSPS) is 23.5. The van der Waals surface area contributed by atoms with Gasteiger partial charge in [-0.15, -0.1) is 0 Å². The first-order valence-corrected chi connectivity index (χ1v) is 11.9. The summed E-state index contributed by atoms with van der Waals surface area (Å²) in [7, 11) is 2.89. The molecule has 6 rings (SSSR count). The first-order valence-electron chi connectivity index (χ1n) is 11.5. The van der Waals surface area contributed by atoms with Crippen LogP contribution < -0.4 is 14.4 Å². The summed E-state index contributed by atoms with van der Waals surface area (Å²) < 4.78 is 17.0. The number of carbonyl (C=O) groups is 4. The second kappa shape index (κ2) is 8.26. The molecule has 0 radical (unpaired) electrons. The molecule has 37 heavy (non-hydrogen) atoms. The molecule has 3 aliphatic rings. The van der Waals surface area contributed by atoms with Crippen LogP contribution in [0.1, 0.15) is 32.4 Å². The predicted octanol–water partition coefficient (Wildman–Crippen LogP) is 4.05. The molecule has 0 N–H and O–H groups in total. The summed E-state index contributed by atoms with van der Waals surface area (Å²) in [6.45, 7) is 0. The van der Waals surface area contributed by atoms with Gasteiger partial charge in [-0.1, -0.05) is 48.0 Å². The fraction of sp³-hybridized carbons (Fsp3) is 0.214. The maximum absolute atomic E-state index is 14.1. The van der Waals surface area contributed by atoms with E-state index in [2.05, 4.69) is 0 Å². The Balaban J connectivity index is 1.54. The maximum atomic E-state index is 14.1. The summed E-state index contributed by atoms with van der Waals surface area (Å²) in [5.41, 5.74) is -1.10. The SMILES string of the molecule is COc1ccc(N2C(=O)[C@H]3[C@@H](C2=O)C2(O[C@H]3c3ccc(Cl)cc3)C(=O)c3ccccc3C2=O)c(OC)c1. The molecule has 2 saturated heterocycles. The van der Waals surface area contributed by atoms with E-state index >= 15 is 0 Å². The van der Waals surface area contributed by atoms with Gasteiger partial charge in [0.05, 0.1) is 37.8 Å². The van der Waals surface area contributed by atoms with Gasteiger partial charge in [0.1, 0.15) is 11.5 Å². The average Bonchev–Trinajstić information content (AvgIpc) is 3.48. The van der Waals surface area contributed by atoms with Crippen LogP contribution in [0, 0.1) is 11.8 Å². The largest absolute Gasteiger partial charge is 0.497 e. The molecule has 8 nitrogen and oxygen atoms in total. The van der Waals surface area contributed by atoms with Crippen LogP contribution in [0.4, 0.5) is 5.69 Å². The van der Waals surface area contributed by atoms with Gasteiger partial charge in [-0.25, -0.2) is 4.90 Å². The van der Waals surface area contributed by atoms with Crippen LogP contribution in [0.5, 0.6) is 11.5 Å². The summed E-state index contributed by atoms with van der Waals surface area (Å²) >= 11 is 6.07. The second-order valence-corrected chi connectivity index (χ2v) is 9.52. The number of imide groups is 1. The van der Waals surface area contributed by atoms with E-state index in [0.717, 1.165) is 4.90 Å². The zero-order valence-electron chi connectivity index (χ0n) is 19.8. The van der Waals surface area contributed by atoms with E-state index in [-0.39, 0.29) is 22.6 Å². The molecule has 0 saturated carbocycles. The van der Waals surface area contributed by atoms with Crippen molar-refractivity contribution in [2.24, 2.45) is 11.8 Å². The summed E-state index contributed by atoms with van der Waals surface area (Å²) in [5, 5.41) is 0.465. The minimum absolute atomic E-state index is 0.170. The van der Waals surface area contributed by atoms with Gasteiger partial charge in [-0.05, 0) is 29.8 Å². The van der Waals surface area contributed by atoms with Crippen molar-refractivity contribution < 1.29 is 33.4 Å². The summed E-state index contributed by atoms with van der Waals surface area (Å²) in [6, 6.07) is 17.6. The van der Waals surface area contributed by atoms with Gasteiger partial charge in [0.2, 0.25) is 29.0 Å². The third kappa shape index (κ3) is 3.06. The molecular formula is C28H20ClNO7. The molecule has 9 heteroatoms. The summed E-state index contributed by atoms with van der Waals surface area (Å²) in [5.74, 6) is -4.32. The zero-order valence-corrected chi connectivity index (χ0v) is 20.5. The number of ketones is 2. The number of ether oxygens (including phenoxy) is 3. The van der Waals surface area contributed by atoms with E-state index in [9.17, 15) is 19.2 Å². The first kappa shape index (κ1) is 23.4. The van der Waals surface area contributed by atoms with Gasteiger partial charge in [0.25, 0.3) is 0 Å². The number of carbonyl (C=O) groups excluding carboxylic acids is 4. The van der Waals surface area contributed by atoms with E-state index in [1.165, 1.54) is 32.4 Å². The summed E-state index contributed by atoms with van der Waals surface area (Å²) in [6.07, 6.45) is -1.03. The van der Waals surface area contributed by atoms with E-state index in [1.54, 1.807) is 48.5 Å². The monoisotopic (exact) mass is 517 g/mol. The van der Waals surface area contributed by atoms with Crippen LogP contribution in [0.3, 0.4) is 0 Å². The molecule has 0 aromatic heterocycles. The Bertz CT molecular complexity index is 1460. The molecule has 2 fully saturated rings. The molecular weight excluding hydrogens is 498 g/mol. The Hall–Kier alpha value is -4.01. The maximum Gasteiger partial charge on any atom is 0.241 e. The molecule has 3 atom stereocenters. The standard InChI is InChI=1S/C28H20ClNO7/c1-35-16-11-12-19(20(13-16)36-2)30-26(33)21-22(27(30)34)28(37-23(21)14-7-9-15(29)10-8-14)24(31)17-5-3-4-6-18(17)25(28)32/h3-13,21-23H,1-2H3/t21-,22-,23-/m0/s1. The van der Waals surface area contributed by atoms with Gasteiger partial charge in [0, 0.05) is 22.2 Å². The summed E-state index contributed by atoms with van der Waals surface area (Å²) in [4.78, 5) is 56.7. The number of benzene rings is 3. The first-order chi connectivity index (χ1) is 17.8. The molecule has 1 spiro atoms. The van der Waals surface area contributed by atoms with Gasteiger partial charge < -0.3 is 14.2 Å². The lowest BCUT2D eigenvalue weighted by atomic mass is 9.77. The molecule has 186 valence electrons. The third-order valence-electron chi connectivity index (χ3n) is 7.35. The average molecular weight is 518 g/mol. The lowest BCUT2D eigenvalue weighted by molar-refractivity contribution is -0.127. The van der Waals surface area contributed by atoms with Crippen molar-refractivity contribution in [1.29, 1.82) is 0 Å². The van der Waals surface area contributed by atoms with Crippen molar-refractivity contribution in [2.75, 3.05) is 19.1 Å². The zero-order chi connectivity index (χ0) is 26.1. The van der Waals surface area contributed by atoms with Crippen molar-refractivity contribution in [3.8, 4) is 11.5 Å². The Morgan fingerprint density at radius 1 is 0.838 bits per heavy atom. The lowest BCUT2D eigenvalue weighted by Gasteiger charge is -2.27. The van der Waals surface area contributed by atoms with Crippen LogP contribution in [-0.4, -0.2) is 43.2 Å². The van der Waals surface area contributed by atoms with Crippen LogP contribution in [0.15, 0.2) is 66.7 Å². The number of Topliss-reactive ketones (excluding diaryl/α,β-unsaturated/α-hetero) is 2. The molecule has 2 heterocycles. The van der Waals surface area contributed by atoms with Gasteiger partial charge in [-0.3, -0.25) is 19.2 Å². The number of hydrogen-bond donors (Lipinski definition) is 0. The molecule has 3 aromatic carbocycles. The fourth-order valence-electron chi connectivity index (χ4n) is 5.68. The Kier molecular flexibility index (Phi) is 5.22. The fourth-order valence-corrected chi connectivity index (χ4v) is 5.80. The molecule has 0 bridgehead atoms. The lowest BCUT2D eigenvalue weighted by Crippen LogP contribution is -2.51. The Morgan fingerprint density at radius 3 is 2.08 bits per heavy atom. The molecule has 1 aliphatic carbocycles. The minimum Gasteiger partial charge on any atom is -0.497 e. The highest BCUT2D eigenvalue weighted by Crippen LogP contribution is 2.58. The third-order valence-corrected chi connectivity index (χ3v) is 7.60. The Morgan fingerprint density at radius 2 is 1.49 bits per heavy atom. The highest BCUT2D eigenvalue weighted by atomic mass is 35.5. The quantitative estimate of drug-likeness (QED) is 0.380. The smallest absolute Gasteiger partial charge is 0.241 e. The molecule has 2 amide bonds. The van der Waals surface area contributed by atoms with Gasteiger partial charge in [-0.2, -0.15) is 0 Å². The van der Waals surface area contributed by atoms with Crippen LogP contribution in [-0.2, 0) is 14.3 Å². The van der Waals surface area contributed by atoms with Crippen LogP contribution in [0.2, 0.25) is 5.02 Å². The molecule has 3 aromatic rings. The number of anilines is 1.